The summed E-state index contributed by atoms with van der Waals surface area (Å²) in [6.45, 7) is 1.76. The van der Waals surface area contributed by atoms with Crippen LogP contribution in [0.5, 0.6) is 0 Å². The number of aliphatic imine (C=N–C) groups is 1. The number of para-hydroxylation sites is 1. The number of sulfonamides is 1. The van der Waals surface area contributed by atoms with Crippen LogP contribution < -0.4 is 10.0 Å². The highest BCUT2D eigenvalue weighted by Crippen LogP contribution is 2.22. The molecule has 2 N–H and O–H groups in total. The monoisotopic (exact) mass is 436 g/mol. The average Bonchev–Trinajstić information content (AvgIpc) is 3.42. The van der Waals surface area contributed by atoms with Gasteiger partial charge in [0.25, 0.3) is 10.0 Å². The number of hydrogen-bond donors (Lipinski definition) is 2. The van der Waals surface area contributed by atoms with Gasteiger partial charge in [0.1, 0.15) is 0 Å². The van der Waals surface area contributed by atoms with Gasteiger partial charge in [-0.2, -0.15) is 0 Å². The minimum Gasteiger partial charge on any atom is -0.359 e. The van der Waals surface area contributed by atoms with Crippen molar-refractivity contribution in [3.8, 4) is 0 Å². The van der Waals surface area contributed by atoms with E-state index in [9.17, 15) is 8.42 Å². The molecule has 0 unspecified atom stereocenters. The molecule has 160 valence electrons. The van der Waals surface area contributed by atoms with Gasteiger partial charge in [-0.25, -0.2) is 18.1 Å². The first-order chi connectivity index (χ1) is 15.1. The standard InChI is InChI=1S/C22H24N6O2S/c1-23-22(26-31(29,30)19-7-3-2-4-8-19)25-12-14-28-16-18(15-27-13-11-24-17-27)20-9-5-6-10-21(20)28/h2-11,13,16-17H,12,14-15H2,1H3,(H2,23,25,26). The van der Waals surface area contributed by atoms with Crippen LogP contribution in [-0.4, -0.2) is 42.1 Å². The van der Waals surface area contributed by atoms with Crippen LogP contribution in [0.2, 0.25) is 0 Å². The van der Waals surface area contributed by atoms with E-state index in [0.29, 0.717) is 13.1 Å². The van der Waals surface area contributed by atoms with E-state index in [1.807, 2.05) is 22.9 Å². The fourth-order valence-corrected chi connectivity index (χ4v) is 4.48. The number of guanidine groups is 1. The van der Waals surface area contributed by atoms with Crippen LogP contribution in [0.25, 0.3) is 10.9 Å². The Morgan fingerprint density at radius 1 is 1.10 bits per heavy atom. The molecule has 0 aliphatic heterocycles. The van der Waals surface area contributed by atoms with E-state index >= 15 is 0 Å². The highest BCUT2D eigenvalue weighted by Gasteiger charge is 2.15. The summed E-state index contributed by atoms with van der Waals surface area (Å²) in [7, 11) is -2.05. The van der Waals surface area contributed by atoms with Crippen LogP contribution in [0.3, 0.4) is 0 Å². The summed E-state index contributed by atoms with van der Waals surface area (Å²) in [5.41, 5.74) is 2.31. The summed E-state index contributed by atoms with van der Waals surface area (Å²) in [6, 6.07) is 16.5. The van der Waals surface area contributed by atoms with E-state index in [1.54, 1.807) is 49.9 Å². The number of fused-ring (bicyclic) bond motifs is 1. The maximum atomic E-state index is 12.5. The highest BCUT2D eigenvalue weighted by atomic mass is 32.2. The number of nitrogens with one attached hydrogen (secondary N) is 2. The molecule has 2 aromatic carbocycles. The second-order valence-corrected chi connectivity index (χ2v) is 8.68. The van der Waals surface area contributed by atoms with Gasteiger partial charge >= 0.3 is 0 Å². The van der Waals surface area contributed by atoms with Gasteiger partial charge in [-0.1, -0.05) is 36.4 Å². The van der Waals surface area contributed by atoms with Crippen LogP contribution >= 0.6 is 0 Å². The van der Waals surface area contributed by atoms with Crippen molar-refractivity contribution in [2.24, 2.45) is 4.99 Å². The molecule has 0 fully saturated rings. The third-order valence-electron chi connectivity index (χ3n) is 4.92. The largest absolute Gasteiger partial charge is 0.359 e. The predicted octanol–water partition coefficient (Wildman–Crippen LogP) is 2.44. The Hall–Kier alpha value is -3.59. The van der Waals surface area contributed by atoms with Crippen molar-refractivity contribution in [3.05, 3.63) is 85.1 Å². The molecule has 31 heavy (non-hydrogen) atoms. The molecule has 0 radical (unpaired) electrons. The Bertz CT molecular complexity index is 1280. The van der Waals surface area contributed by atoms with E-state index in [-0.39, 0.29) is 10.9 Å². The van der Waals surface area contributed by atoms with Crippen LogP contribution in [-0.2, 0) is 23.1 Å². The zero-order chi connectivity index (χ0) is 21.7. The first-order valence-corrected chi connectivity index (χ1v) is 11.4. The van der Waals surface area contributed by atoms with Crippen LogP contribution in [0.15, 0.2) is 89.4 Å². The Morgan fingerprint density at radius 2 is 1.87 bits per heavy atom. The van der Waals surface area contributed by atoms with Crippen molar-refractivity contribution in [1.29, 1.82) is 0 Å². The predicted molar refractivity (Wildman–Crippen MR) is 121 cm³/mol. The lowest BCUT2D eigenvalue weighted by molar-refractivity contribution is 0.591. The summed E-state index contributed by atoms with van der Waals surface area (Å²) in [5.74, 6) is 0.207. The number of benzene rings is 2. The van der Waals surface area contributed by atoms with E-state index in [4.69, 9.17) is 0 Å². The molecule has 0 bridgehead atoms. The lowest BCUT2D eigenvalue weighted by Gasteiger charge is -2.10. The minimum atomic E-state index is -3.69. The SMILES string of the molecule is CN/C(=N\CCn1cc(Cn2ccnc2)c2ccccc21)NS(=O)(=O)c1ccccc1. The topological polar surface area (TPSA) is 93.3 Å². The molecule has 8 nitrogen and oxygen atoms in total. The molecular formula is C22H24N6O2S. The van der Waals surface area contributed by atoms with Crippen molar-refractivity contribution in [2.45, 2.75) is 18.0 Å². The van der Waals surface area contributed by atoms with Crippen LogP contribution in [0.4, 0.5) is 0 Å². The van der Waals surface area contributed by atoms with Crippen LogP contribution in [0.1, 0.15) is 5.56 Å². The Kier molecular flexibility index (Phi) is 6.03. The smallest absolute Gasteiger partial charge is 0.264 e. The van der Waals surface area contributed by atoms with Crippen molar-refractivity contribution < 1.29 is 8.42 Å². The fraction of sp³-hybridized carbons (Fsp3) is 0.182. The summed E-state index contributed by atoms with van der Waals surface area (Å²) >= 11 is 0. The molecule has 9 heteroatoms. The molecule has 4 aromatic rings. The number of nitrogens with zero attached hydrogens (tertiary/aromatic N) is 4. The number of aromatic nitrogens is 3. The molecule has 2 aromatic heterocycles. The summed E-state index contributed by atoms with van der Waals surface area (Å²) in [5, 5.41) is 4.01. The Morgan fingerprint density at radius 3 is 2.61 bits per heavy atom. The third kappa shape index (κ3) is 4.77. The summed E-state index contributed by atoms with van der Waals surface area (Å²) in [6.07, 6.45) is 7.62. The summed E-state index contributed by atoms with van der Waals surface area (Å²) in [4.78, 5) is 8.72. The van der Waals surface area contributed by atoms with Gasteiger partial charge in [0, 0.05) is 43.1 Å². The number of rotatable bonds is 7. The molecular weight excluding hydrogens is 412 g/mol. The fourth-order valence-electron chi connectivity index (χ4n) is 3.43. The summed E-state index contributed by atoms with van der Waals surface area (Å²) < 4.78 is 31.7. The third-order valence-corrected chi connectivity index (χ3v) is 6.27. The molecule has 4 rings (SSSR count). The Balaban J connectivity index is 1.50. The normalized spacial score (nSPS) is 12.2. The lowest BCUT2D eigenvalue weighted by atomic mass is 10.2. The first kappa shape index (κ1) is 20.7. The maximum Gasteiger partial charge on any atom is 0.264 e. The second-order valence-electron chi connectivity index (χ2n) is 7.00. The van der Waals surface area contributed by atoms with Crippen molar-refractivity contribution >= 4 is 26.9 Å². The molecule has 0 saturated heterocycles. The van der Waals surface area contributed by atoms with E-state index in [1.165, 1.54) is 10.9 Å². The van der Waals surface area contributed by atoms with Gasteiger partial charge < -0.3 is 14.5 Å². The lowest BCUT2D eigenvalue weighted by Crippen LogP contribution is -2.39. The molecule has 0 spiro atoms. The van der Waals surface area contributed by atoms with Gasteiger partial charge in [-0.05, 0) is 23.8 Å². The quantitative estimate of drug-likeness (QED) is 0.344. The highest BCUT2D eigenvalue weighted by molar-refractivity contribution is 7.90. The van der Waals surface area contributed by atoms with Crippen LogP contribution in [0, 0.1) is 0 Å². The molecule has 2 heterocycles. The maximum absolute atomic E-state index is 12.5. The zero-order valence-corrected chi connectivity index (χ0v) is 18.0. The van der Waals surface area contributed by atoms with E-state index in [0.717, 1.165) is 12.1 Å². The number of imidazole rings is 1. The second kappa shape index (κ2) is 9.05. The van der Waals surface area contributed by atoms with Gasteiger partial charge in [0.05, 0.1) is 24.3 Å². The van der Waals surface area contributed by atoms with Crippen molar-refractivity contribution in [2.75, 3.05) is 13.6 Å². The van der Waals surface area contributed by atoms with Crippen molar-refractivity contribution in [3.63, 3.8) is 0 Å². The van der Waals surface area contributed by atoms with Gasteiger partial charge in [0.2, 0.25) is 5.96 Å². The Labute approximate surface area is 181 Å². The van der Waals surface area contributed by atoms with E-state index < -0.39 is 10.0 Å². The first-order valence-electron chi connectivity index (χ1n) is 9.89. The molecule has 0 aliphatic rings. The van der Waals surface area contributed by atoms with Gasteiger partial charge in [-0.15, -0.1) is 0 Å². The molecule has 0 saturated carbocycles. The number of hydrogen-bond acceptors (Lipinski definition) is 4. The van der Waals surface area contributed by atoms with Gasteiger partial charge in [0.15, 0.2) is 0 Å². The van der Waals surface area contributed by atoms with E-state index in [2.05, 4.69) is 42.9 Å². The molecule has 0 amide bonds. The zero-order valence-electron chi connectivity index (χ0n) is 17.1. The van der Waals surface area contributed by atoms with Gasteiger partial charge in [-0.3, -0.25) is 4.99 Å². The van der Waals surface area contributed by atoms with Crippen molar-refractivity contribution in [1.82, 2.24) is 24.2 Å². The average molecular weight is 437 g/mol. The molecule has 0 aliphatic carbocycles. The molecule has 0 atom stereocenters. The minimum absolute atomic E-state index is 0.193.